The van der Waals surface area contributed by atoms with Gasteiger partial charge in [0, 0.05) is 34.3 Å². The molecule has 9 nitrogen and oxygen atoms in total. The maximum atomic E-state index is 12.7. The number of rotatable bonds is 5. The van der Waals surface area contributed by atoms with Gasteiger partial charge in [-0.05, 0) is 69.8 Å². The van der Waals surface area contributed by atoms with Crippen LogP contribution in [0.25, 0.3) is 16.5 Å². The summed E-state index contributed by atoms with van der Waals surface area (Å²) in [6.45, 7) is 0. The number of nitrogens with one attached hydrogen (secondary N) is 3. The first kappa shape index (κ1) is 24.1. The van der Waals surface area contributed by atoms with Crippen LogP contribution in [0.4, 0.5) is 16.2 Å². The highest BCUT2D eigenvalue weighted by Gasteiger charge is 2.20. The van der Waals surface area contributed by atoms with Gasteiger partial charge in [-0.1, -0.05) is 11.6 Å². The fourth-order valence-corrected chi connectivity index (χ4v) is 6.16. The number of amides is 2. The number of fused-ring (bicyclic) bond motifs is 1. The van der Waals surface area contributed by atoms with Crippen molar-refractivity contribution in [2.75, 3.05) is 17.7 Å². The molecule has 176 valence electrons. The van der Waals surface area contributed by atoms with E-state index in [0.29, 0.717) is 20.9 Å². The van der Waals surface area contributed by atoms with E-state index in [1.807, 2.05) is 4.72 Å². The molecule has 13 heteroatoms. The number of carbonyl (C=O) groups is 1. The summed E-state index contributed by atoms with van der Waals surface area (Å²) in [5.41, 5.74) is 0.941. The molecule has 0 radical (unpaired) electrons. The van der Waals surface area contributed by atoms with Gasteiger partial charge in [0.1, 0.15) is 4.21 Å². The first-order valence-electron chi connectivity index (χ1n) is 9.54. The zero-order valence-corrected chi connectivity index (χ0v) is 21.3. The highest BCUT2D eigenvalue weighted by Crippen LogP contribution is 2.33. The number of pyridine rings is 1. The summed E-state index contributed by atoms with van der Waals surface area (Å²) in [6, 6.07) is 12.6. The van der Waals surface area contributed by atoms with Gasteiger partial charge in [-0.25, -0.2) is 22.5 Å². The molecule has 2 aromatic carbocycles. The predicted octanol–water partition coefficient (Wildman–Crippen LogP) is 4.73. The summed E-state index contributed by atoms with van der Waals surface area (Å²) in [5.74, 6) is -0.245. The molecule has 34 heavy (non-hydrogen) atoms. The van der Waals surface area contributed by atoms with Crippen LogP contribution in [0.1, 0.15) is 0 Å². The van der Waals surface area contributed by atoms with Gasteiger partial charge in [-0.3, -0.25) is 4.79 Å². The number of aromatic nitrogens is 1. The molecule has 2 amide bonds. The molecule has 4 rings (SSSR count). The lowest BCUT2D eigenvalue weighted by Crippen LogP contribution is -2.33. The fraction of sp³-hybridized carbons (Fsp3) is 0.0476. The Morgan fingerprint density at radius 1 is 1.12 bits per heavy atom. The summed E-state index contributed by atoms with van der Waals surface area (Å²) in [4.78, 5) is 24.9. The van der Waals surface area contributed by atoms with Crippen molar-refractivity contribution < 1.29 is 18.3 Å². The molecule has 0 aliphatic rings. The molecule has 2 aromatic heterocycles. The number of benzene rings is 2. The van der Waals surface area contributed by atoms with E-state index >= 15 is 0 Å². The van der Waals surface area contributed by atoms with Crippen molar-refractivity contribution in [2.24, 2.45) is 0 Å². The Labute approximate surface area is 211 Å². The minimum absolute atomic E-state index is 0.0948. The van der Waals surface area contributed by atoms with E-state index in [9.17, 15) is 23.1 Å². The predicted molar refractivity (Wildman–Crippen MR) is 137 cm³/mol. The number of sulfonamides is 1. The summed E-state index contributed by atoms with van der Waals surface area (Å²) >= 11 is 10.00. The highest BCUT2D eigenvalue weighted by molar-refractivity contribution is 9.10. The van der Waals surface area contributed by atoms with E-state index in [-0.39, 0.29) is 20.1 Å². The Morgan fingerprint density at radius 3 is 2.44 bits per heavy atom. The molecule has 2 heterocycles. The molecule has 0 saturated heterocycles. The Morgan fingerprint density at radius 2 is 1.82 bits per heavy atom. The number of urea groups is 1. The molecular weight excluding hydrogens is 568 g/mol. The second-order valence-electron chi connectivity index (χ2n) is 6.98. The van der Waals surface area contributed by atoms with Crippen LogP contribution in [-0.4, -0.2) is 31.2 Å². The normalized spacial score (nSPS) is 11.4. The molecule has 0 aliphatic heterocycles. The van der Waals surface area contributed by atoms with Crippen LogP contribution in [0.3, 0.4) is 0 Å². The largest absolute Gasteiger partial charge is 0.494 e. The van der Waals surface area contributed by atoms with Gasteiger partial charge in [0.05, 0.1) is 10.0 Å². The van der Waals surface area contributed by atoms with Crippen LogP contribution in [0.2, 0.25) is 4.34 Å². The third kappa shape index (κ3) is 4.75. The molecule has 4 N–H and O–H groups in total. The van der Waals surface area contributed by atoms with E-state index in [1.54, 1.807) is 19.2 Å². The molecule has 0 fully saturated rings. The molecule has 0 spiro atoms. The lowest BCUT2D eigenvalue weighted by molar-refractivity contribution is 0.256. The quantitative estimate of drug-likeness (QED) is 0.269. The van der Waals surface area contributed by atoms with Crippen LogP contribution in [0.5, 0.6) is 5.88 Å². The maximum Gasteiger partial charge on any atom is 0.333 e. The van der Waals surface area contributed by atoms with Crippen molar-refractivity contribution in [3.63, 3.8) is 0 Å². The Bertz CT molecular complexity index is 1580. The summed E-state index contributed by atoms with van der Waals surface area (Å²) in [6.07, 6.45) is 0. The third-order valence-corrected chi connectivity index (χ3v) is 8.49. The molecule has 0 saturated carbocycles. The van der Waals surface area contributed by atoms with Crippen LogP contribution in [0.15, 0.2) is 68.1 Å². The van der Waals surface area contributed by atoms with Crippen LogP contribution in [-0.2, 0) is 10.0 Å². The van der Waals surface area contributed by atoms with Crippen molar-refractivity contribution >= 4 is 77.1 Å². The van der Waals surface area contributed by atoms with Crippen molar-refractivity contribution in [2.45, 2.75) is 4.21 Å². The topological polar surface area (TPSA) is 130 Å². The van der Waals surface area contributed by atoms with Gasteiger partial charge in [0.15, 0.2) is 0 Å². The first-order valence-corrected chi connectivity index (χ1v) is 13.0. The number of anilines is 2. The van der Waals surface area contributed by atoms with Crippen molar-refractivity contribution in [3.05, 3.63) is 73.8 Å². The smallest absolute Gasteiger partial charge is 0.333 e. The average molecular weight is 584 g/mol. The standard InChI is InChI=1S/C21H16BrClN4O5S2/c1-24-16-8-11-9-18(28)27(20(29)14(11)10-15(16)22)13-4-2-12(3-5-13)25-21(30)26-34(31,32)19-7-6-17(23)33-19/h2-10,24,29H,1H3,(H2,25,26,30). The number of hydrogen-bond acceptors (Lipinski definition) is 7. The van der Waals surface area contributed by atoms with Crippen LogP contribution < -0.4 is 20.9 Å². The van der Waals surface area contributed by atoms with E-state index in [2.05, 4.69) is 26.6 Å². The van der Waals surface area contributed by atoms with Gasteiger partial charge in [0.2, 0.25) is 5.88 Å². The summed E-state index contributed by atoms with van der Waals surface area (Å²) < 4.78 is 28.4. The number of thiophene rings is 1. The second kappa shape index (κ2) is 9.29. The Balaban J connectivity index is 1.58. The zero-order valence-electron chi connectivity index (χ0n) is 17.3. The van der Waals surface area contributed by atoms with E-state index in [4.69, 9.17) is 11.6 Å². The lowest BCUT2D eigenvalue weighted by Gasteiger charge is -2.14. The second-order valence-corrected chi connectivity index (χ2v) is 11.5. The monoisotopic (exact) mass is 582 g/mol. The van der Waals surface area contributed by atoms with Gasteiger partial charge in [-0.15, -0.1) is 11.3 Å². The van der Waals surface area contributed by atoms with Gasteiger partial charge < -0.3 is 15.7 Å². The average Bonchev–Trinajstić information content (AvgIpc) is 3.22. The molecule has 0 atom stereocenters. The van der Waals surface area contributed by atoms with Gasteiger partial charge >= 0.3 is 6.03 Å². The highest BCUT2D eigenvalue weighted by atomic mass is 79.9. The fourth-order valence-electron chi connectivity index (χ4n) is 3.23. The minimum atomic E-state index is -4.07. The van der Waals surface area contributed by atoms with E-state index < -0.39 is 21.6 Å². The van der Waals surface area contributed by atoms with E-state index in [1.165, 1.54) is 42.5 Å². The number of carbonyl (C=O) groups excluding carboxylic acids is 1. The van der Waals surface area contributed by atoms with Gasteiger partial charge in [-0.2, -0.15) is 0 Å². The molecule has 0 unspecified atom stereocenters. The Kier molecular flexibility index (Phi) is 6.58. The van der Waals surface area contributed by atoms with Crippen molar-refractivity contribution in [1.82, 2.24) is 9.29 Å². The molecular formula is C21H16BrClN4O5S2. The SMILES string of the molecule is CNc1cc2cc(=O)n(-c3ccc(NC(=O)NS(=O)(=O)c4ccc(Cl)s4)cc3)c(O)c2cc1Br. The van der Waals surface area contributed by atoms with E-state index in [0.717, 1.165) is 21.6 Å². The van der Waals surface area contributed by atoms with Crippen molar-refractivity contribution in [1.29, 1.82) is 0 Å². The summed E-state index contributed by atoms with van der Waals surface area (Å²) in [7, 11) is -2.32. The number of hydrogen-bond donors (Lipinski definition) is 4. The van der Waals surface area contributed by atoms with Crippen LogP contribution >= 0.6 is 38.9 Å². The number of aromatic hydroxyl groups is 1. The number of nitrogens with zero attached hydrogens (tertiary/aromatic N) is 1. The van der Waals surface area contributed by atoms with Crippen molar-refractivity contribution in [3.8, 4) is 11.6 Å². The minimum Gasteiger partial charge on any atom is -0.494 e. The first-order chi connectivity index (χ1) is 16.1. The molecule has 0 aliphatic carbocycles. The zero-order chi connectivity index (χ0) is 24.6. The molecule has 0 bridgehead atoms. The Hall–Kier alpha value is -3.06. The maximum absolute atomic E-state index is 12.7. The van der Waals surface area contributed by atoms with Gasteiger partial charge in [0.25, 0.3) is 15.6 Å². The summed E-state index contributed by atoms with van der Waals surface area (Å²) in [5, 5.41) is 17.2. The number of halogens is 2. The lowest BCUT2D eigenvalue weighted by atomic mass is 10.1. The van der Waals surface area contributed by atoms with Crippen LogP contribution in [0, 0.1) is 0 Å². The third-order valence-electron chi connectivity index (χ3n) is 4.78. The molecule has 4 aromatic rings.